The van der Waals surface area contributed by atoms with Crippen molar-refractivity contribution in [3.63, 3.8) is 0 Å². The molecule has 0 aliphatic carbocycles. The van der Waals surface area contributed by atoms with Gasteiger partial charge >= 0.3 is 0 Å². The zero-order chi connectivity index (χ0) is 22.8. The van der Waals surface area contributed by atoms with Crippen LogP contribution in [0.5, 0.6) is 11.5 Å². The Morgan fingerprint density at radius 2 is 1.78 bits per heavy atom. The average Bonchev–Trinajstić information content (AvgIpc) is 3.37. The van der Waals surface area contributed by atoms with Gasteiger partial charge in [0.1, 0.15) is 0 Å². The fourth-order valence-corrected chi connectivity index (χ4v) is 3.44. The minimum Gasteiger partial charge on any atom is -0.493 e. The van der Waals surface area contributed by atoms with E-state index in [1.165, 1.54) is 11.1 Å². The van der Waals surface area contributed by atoms with Gasteiger partial charge in [0.05, 0.1) is 19.9 Å². The van der Waals surface area contributed by atoms with Crippen LogP contribution >= 0.6 is 0 Å². The molecule has 32 heavy (non-hydrogen) atoms. The van der Waals surface area contributed by atoms with Gasteiger partial charge < -0.3 is 19.7 Å². The van der Waals surface area contributed by atoms with Crippen LogP contribution in [-0.2, 0) is 12.8 Å². The van der Waals surface area contributed by atoms with E-state index in [4.69, 9.17) is 14.5 Å². The van der Waals surface area contributed by atoms with Crippen molar-refractivity contribution in [2.75, 3.05) is 40.9 Å². The van der Waals surface area contributed by atoms with Crippen molar-refractivity contribution in [1.82, 2.24) is 20.0 Å². The van der Waals surface area contributed by atoms with Crippen molar-refractivity contribution in [3.05, 3.63) is 72.1 Å². The van der Waals surface area contributed by atoms with Crippen molar-refractivity contribution < 1.29 is 9.47 Å². The van der Waals surface area contributed by atoms with Crippen molar-refractivity contribution in [2.24, 2.45) is 4.99 Å². The summed E-state index contributed by atoms with van der Waals surface area (Å²) in [5, 5.41) is 7.66. The smallest absolute Gasteiger partial charge is 0.193 e. The van der Waals surface area contributed by atoms with Crippen LogP contribution in [0.25, 0.3) is 5.69 Å². The summed E-state index contributed by atoms with van der Waals surface area (Å²) >= 11 is 0. The number of ether oxygens (including phenoxy) is 2. The van der Waals surface area contributed by atoms with E-state index < -0.39 is 0 Å². The molecule has 0 radical (unpaired) electrons. The van der Waals surface area contributed by atoms with Crippen molar-refractivity contribution >= 4 is 5.96 Å². The quantitative estimate of drug-likeness (QED) is 0.390. The Hall–Kier alpha value is -3.48. The SMILES string of the molecule is CCNC(=NCCc1ccc(-n2cccn2)cc1)N(C)CCc1ccc(OC)c(OC)c1. The van der Waals surface area contributed by atoms with Crippen molar-refractivity contribution in [3.8, 4) is 17.2 Å². The summed E-state index contributed by atoms with van der Waals surface area (Å²) in [7, 11) is 5.38. The Kier molecular flexibility index (Phi) is 8.54. The molecule has 1 N–H and O–H groups in total. The van der Waals surface area contributed by atoms with Gasteiger partial charge in [-0.25, -0.2) is 4.68 Å². The molecule has 0 fully saturated rings. The van der Waals surface area contributed by atoms with E-state index in [9.17, 15) is 0 Å². The van der Waals surface area contributed by atoms with Gasteiger partial charge in [0.25, 0.3) is 0 Å². The molecule has 7 nitrogen and oxygen atoms in total. The Balaban J connectivity index is 1.55. The minimum atomic E-state index is 0.726. The predicted octanol–water partition coefficient (Wildman–Crippen LogP) is 3.57. The van der Waals surface area contributed by atoms with Crippen molar-refractivity contribution in [2.45, 2.75) is 19.8 Å². The summed E-state index contributed by atoms with van der Waals surface area (Å²) in [6.45, 7) is 4.49. The summed E-state index contributed by atoms with van der Waals surface area (Å²) in [6.07, 6.45) is 5.50. The molecule has 3 aromatic rings. The number of nitrogens with one attached hydrogen (secondary N) is 1. The Morgan fingerprint density at radius 1 is 1.03 bits per heavy atom. The monoisotopic (exact) mass is 435 g/mol. The highest BCUT2D eigenvalue weighted by molar-refractivity contribution is 5.79. The number of nitrogens with zero attached hydrogens (tertiary/aromatic N) is 4. The second kappa shape index (κ2) is 11.8. The van der Waals surface area contributed by atoms with E-state index in [1.807, 2.05) is 29.1 Å². The highest BCUT2D eigenvalue weighted by Gasteiger charge is 2.08. The normalized spacial score (nSPS) is 11.3. The third-order valence-electron chi connectivity index (χ3n) is 5.25. The van der Waals surface area contributed by atoms with Crippen LogP contribution in [0.15, 0.2) is 65.9 Å². The molecule has 0 aliphatic rings. The van der Waals surface area contributed by atoms with Gasteiger partial charge in [0.2, 0.25) is 0 Å². The van der Waals surface area contributed by atoms with Crippen LogP contribution in [0.3, 0.4) is 0 Å². The van der Waals surface area contributed by atoms with Gasteiger partial charge in [-0.2, -0.15) is 5.10 Å². The summed E-state index contributed by atoms with van der Waals surface area (Å²) in [5.74, 6) is 2.42. The second-order valence-corrected chi connectivity index (χ2v) is 7.46. The molecule has 2 aromatic carbocycles. The molecule has 1 heterocycles. The molecule has 0 aliphatic heterocycles. The van der Waals surface area contributed by atoms with E-state index in [2.05, 4.69) is 59.6 Å². The molecule has 0 amide bonds. The van der Waals surface area contributed by atoms with Crippen LogP contribution in [-0.4, -0.2) is 61.5 Å². The van der Waals surface area contributed by atoms with Gasteiger partial charge in [0.15, 0.2) is 17.5 Å². The molecule has 0 atom stereocenters. The van der Waals surface area contributed by atoms with Gasteiger partial charge in [-0.05, 0) is 61.2 Å². The van der Waals surface area contributed by atoms with E-state index in [-0.39, 0.29) is 0 Å². The van der Waals surface area contributed by atoms with E-state index in [0.717, 1.165) is 55.6 Å². The lowest BCUT2D eigenvalue weighted by Crippen LogP contribution is -2.40. The Morgan fingerprint density at radius 3 is 2.44 bits per heavy atom. The lowest BCUT2D eigenvalue weighted by atomic mass is 10.1. The molecular weight excluding hydrogens is 402 g/mol. The summed E-state index contributed by atoms with van der Waals surface area (Å²) in [5.41, 5.74) is 3.52. The molecule has 0 saturated carbocycles. The molecule has 0 unspecified atom stereocenters. The summed E-state index contributed by atoms with van der Waals surface area (Å²) < 4.78 is 12.6. The summed E-state index contributed by atoms with van der Waals surface area (Å²) in [4.78, 5) is 6.99. The number of aliphatic imine (C=N–C) groups is 1. The first-order valence-corrected chi connectivity index (χ1v) is 10.9. The Labute approximate surface area is 190 Å². The predicted molar refractivity (Wildman–Crippen MR) is 129 cm³/mol. The number of aromatic nitrogens is 2. The van der Waals surface area contributed by atoms with Crippen LogP contribution in [0, 0.1) is 0 Å². The maximum Gasteiger partial charge on any atom is 0.193 e. The zero-order valence-corrected chi connectivity index (χ0v) is 19.4. The standard InChI is InChI=1S/C25H33N5O2/c1-5-26-25(29(2)18-14-21-9-12-23(31-3)24(19-21)32-4)27-16-13-20-7-10-22(11-8-20)30-17-6-15-28-30/h6-12,15,17,19H,5,13-14,16,18H2,1-4H3,(H,26,27). The first-order chi connectivity index (χ1) is 15.6. The molecule has 1 aromatic heterocycles. The topological polar surface area (TPSA) is 63.9 Å². The zero-order valence-electron chi connectivity index (χ0n) is 19.4. The number of hydrogen-bond acceptors (Lipinski definition) is 4. The van der Waals surface area contributed by atoms with Crippen LogP contribution in [0.4, 0.5) is 0 Å². The van der Waals surface area contributed by atoms with Gasteiger partial charge in [-0.15, -0.1) is 0 Å². The third-order valence-corrected chi connectivity index (χ3v) is 5.25. The molecule has 7 heteroatoms. The number of methoxy groups -OCH3 is 2. The highest BCUT2D eigenvalue weighted by atomic mass is 16.5. The number of likely N-dealkylation sites (N-methyl/N-ethyl adjacent to an activating group) is 1. The maximum atomic E-state index is 5.41. The number of benzene rings is 2. The largest absolute Gasteiger partial charge is 0.493 e. The fourth-order valence-electron chi connectivity index (χ4n) is 3.44. The third kappa shape index (κ3) is 6.26. The molecular formula is C25H33N5O2. The van der Waals surface area contributed by atoms with Crippen LogP contribution < -0.4 is 14.8 Å². The van der Waals surface area contributed by atoms with Gasteiger partial charge in [-0.1, -0.05) is 18.2 Å². The number of rotatable bonds is 10. The highest BCUT2D eigenvalue weighted by Crippen LogP contribution is 2.27. The van der Waals surface area contributed by atoms with E-state index >= 15 is 0 Å². The lowest BCUT2D eigenvalue weighted by molar-refractivity contribution is 0.354. The Bertz CT molecular complexity index is 984. The molecule has 3 rings (SSSR count). The van der Waals surface area contributed by atoms with Gasteiger partial charge in [0, 0.05) is 39.1 Å². The maximum absolute atomic E-state index is 5.41. The summed E-state index contributed by atoms with van der Waals surface area (Å²) in [6, 6.07) is 16.4. The first kappa shape index (κ1) is 23.2. The molecule has 0 saturated heterocycles. The minimum absolute atomic E-state index is 0.726. The van der Waals surface area contributed by atoms with Crippen molar-refractivity contribution in [1.29, 1.82) is 0 Å². The van der Waals surface area contributed by atoms with Gasteiger partial charge in [-0.3, -0.25) is 4.99 Å². The molecule has 0 bridgehead atoms. The number of hydrogen-bond donors (Lipinski definition) is 1. The van der Waals surface area contributed by atoms with E-state index in [1.54, 1.807) is 20.4 Å². The van der Waals surface area contributed by atoms with Crippen LogP contribution in [0.1, 0.15) is 18.1 Å². The molecule has 0 spiro atoms. The fraction of sp³-hybridized carbons (Fsp3) is 0.360. The number of guanidine groups is 1. The average molecular weight is 436 g/mol. The second-order valence-electron chi connectivity index (χ2n) is 7.46. The lowest BCUT2D eigenvalue weighted by Gasteiger charge is -2.22. The molecule has 170 valence electrons. The first-order valence-electron chi connectivity index (χ1n) is 10.9. The van der Waals surface area contributed by atoms with Crippen LogP contribution in [0.2, 0.25) is 0 Å². The van der Waals surface area contributed by atoms with E-state index in [0.29, 0.717) is 0 Å².